The SMILES string of the molecule is Cn1ccnc1C(=O)Nc1cc(Nc2ccc3c(/C=C/c4ncc[nH]4)n[nH]c3c2)ccc1F. The Bertz CT molecular complexity index is 1470. The molecule has 0 spiro atoms. The Balaban J connectivity index is 1.34. The van der Waals surface area contributed by atoms with Crippen molar-refractivity contribution in [2.45, 2.75) is 0 Å². The molecule has 0 aliphatic rings. The van der Waals surface area contributed by atoms with E-state index >= 15 is 0 Å². The van der Waals surface area contributed by atoms with E-state index in [1.54, 1.807) is 36.3 Å². The van der Waals surface area contributed by atoms with Crippen LogP contribution in [0, 0.1) is 5.82 Å². The number of aryl methyl sites for hydroxylation is 1. The van der Waals surface area contributed by atoms with Crippen molar-refractivity contribution in [3.05, 3.63) is 84.3 Å². The molecule has 1 amide bonds. The zero-order valence-electron chi connectivity index (χ0n) is 17.5. The predicted molar refractivity (Wildman–Crippen MR) is 124 cm³/mol. The number of nitrogens with zero attached hydrogens (tertiary/aromatic N) is 4. The average molecular weight is 442 g/mol. The van der Waals surface area contributed by atoms with E-state index < -0.39 is 11.7 Å². The van der Waals surface area contributed by atoms with Crippen LogP contribution in [0.25, 0.3) is 23.1 Å². The van der Waals surface area contributed by atoms with Crippen LogP contribution in [0.3, 0.4) is 0 Å². The molecule has 0 radical (unpaired) electrons. The molecule has 5 rings (SSSR count). The molecule has 0 unspecified atom stereocenters. The molecule has 10 heteroatoms. The highest BCUT2D eigenvalue weighted by atomic mass is 19.1. The highest BCUT2D eigenvalue weighted by molar-refractivity contribution is 6.02. The number of amides is 1. The summed E-state index contributed by atoms with van der Waals surface area (Å²) in [6.45, 7) is 0. The summed E-state index contributed by atoms with van der Waals surface area (Å²) in [6, 6.07) is 10.2. The Morgan fingerprint density at radius 1 is 1.09 bits per heavy atom. The highest BCUT2D eigenvalue weighted by Crippen LogP contribution is 2.26. The Morgan fingerprint density at radius 3 is 2.73 bits per heavy atom. The summed E-state index contributed by atoms with van der Waals surface area (Å²) in [7, 11) is 1.69. The van der Waals surface area contributed by atoms with Crippen molar-refractivity contribution < 1.29 is 9.18 Å². The van der Waals surface area contributed by atoms with Crippen LogP contribution in [0.5, 0.6) is 0 Å². The van der Waals surface area contributed by atoms with E-state index in [0.717, 1.165) is 28.1 Å². The molecule has 2 aromatic carbocycles. The second-order valence-electron chi connectivity index (χ2n) is 7.31. The molecule has 9 nitrogen and oxygen atoms in total. The van der Waals surface area contributed by atoms with Gasteiger partial charge in [-0.15, -0.1) is 0 Å². The maximum absolute atomic E-state index is 14.3. The fourth-order valence-electron chi connectivity index (χ4n) is 3.40. The van der Waals surface area contributed by atoms with Gasteiger partial charge in [-0.2, -0.15) is 5.10 Å². The minimum Gasteiger partial charge on any atom is -0.355 e. The minimum absolute atomic E-state index is 0.0565. The summed E-state index contributed by atoms with van der Waals surface area (Å²) in [5.41, 5.74) is 3.07. The number of anilines is 3. The standard InChI is InChI=1S/C23H19FN8O/c1-32-11-10-27-22(32)23(33)29-20-13-15(3-5-17(20)24)28-14-2-4-16-18(30-31-19(16)12-14)6-7-21-25-8-9-26-21/h2-13,28H,1H3,(H,25,26)(H,29,33)(H,30,31)/b7-6+. The topological polar surface area (TPSA) is 116 Å². The van der Waals surface area contributed by atoms with Gasteiger partial charge in [0.2, 0.25) is 0 Å². The molecule has 0 fully saturated rings. The highest BCUT2D eigenvalue weighted by Gasteiger charge is 2.14. The molecule has 3 aromatic heterocycles. The molecule has 4 N–H and O–H groups in total. The van der Waals surface area contributed by atoms with E-state index in [0.29, 0.717) is 5.69 Å². The monoisotopic (exact) mass is 442 g/mol. The molecule has 164 valence electrons. The van der Waals surface area contributed by atoms with Gasteiger partial charge in [0.25, 0.3) is 5.91 Å². The number of imidazole rings is 2. The van der Waals surface area contributed by atoms with Crippen LogP contribution in [0.4, 0.5) is 21.5 Å². The van der Waals surface area contributed by atoms with Gasteiger partial charge < -0.3 is 20.2 Å². The van der Waals surface area contributed by atoms with Crippen LogP contribution in [0.2, 0.25) is 0 Å². The molecule has 33 heavy (non-hydrogen) atoms. The quantitative estimate of drug-likeness (QED) is 0.312. The molecule has 5 aromatic rings. The molecule has 0 bridgehead atoms. The summed E-state index contributed by atoms with van der Waals surface area (Å²) >= 11 is 0. The molecule has 0 saturated carbocycles. The van der Waals surface area contributed by atoms with Gasteiger partial charge in [-0.1, -0.05) is 0 Å². The lowest BCUT2D eigenvalue weighted by atomic mass is 10.1. The van der Waals surface area contributed by atoms with Crippen molar-refractivity contribution in [3.63, 3.8) is 0 Å². The first-order valence-electron chi connectivity index (χ1n) is 10.1. The minimum atomic E-state index is -0.542. The van der Waals surface area contributed by atoms with Crippen molar-refractivity contribution in [1.82, 2.24) is 29.7 Å². The fraction of sp³-hybridized carbons (Fsp3) is 0.0435. The average Bonchev–Trinajstić information content (AvgIpc) is 3.55. The van der Waals surface area contributed by atoms with Gasteiger partial charge in [-0.25, -0.2) is 14.4 Å². The zero-order valence-corrected chi connectivity index (χ0v) is 17.5. The molecular formula is C23H19FN8O. The van der Waals surface area contributed by atoms with E-state index in [9.17, 15) is 9.18 Å². The molecular weight excluding hydrogens is 423 g/mol. The van der Waals surface area contributed by atoms with Crippen molar-refractivity contribution in [3.8, 4) is 0 Å². The van der Waals surface area contributed by atoms with Crippen molar-refractivity contribution >= 4 is 46.0 Å². The third-order valence-electron chi connectivity index (χ3n) is 5.04. The van der Waals surface area contributed by atoms with E-state index in [2.05, 4.69) is 35.8 Å². The predicted octanol–water partition coefficient (Wildman–Crippen LogP) is 4.32. The number of hydrogen-bond donors (Lipinski definition) is 4. The van der Waals surface area contributed by atoms with Crippen molar-refractivity contribution in [2.24, 2.45) is 7.05 Å². The van der Waals surface area contributed by atoms with Gasteiger partial charge in [0, 0.05) is 48.6 Å². The number of halogens is 1. The number of H-pyrrole nitrogens is 2. The van der Waals surface area contributed by atoms with Crippen LogP contribution in [0.1, 0.15) is 22.1 Å². The van der Waals surface area contributed by atoms with Crippen LogP contribution < -0.4 is 10.6 Å². The van der Waals surface area contributed by atoms with Crippen LogP contribution in [0.15, 0.2) is 61.2 Å². The smallest absolute Gasteiger partial charge is 0.291 e. The number of carbonyl (C=O) groups excluding carboxylic acids is 1. The van der Waals surface area contributed by atoms with Gasteiger partial charge >= 0.3 is 0 Å². The third-order valence-corrected chi connectivity index (χ3v) is 5.04. The first kappa shape index (κ1) is 20.2. The Kier molecular flexibility index (Phi) is 5.15. The van der Waals surface area contributed by atoms with Gasteiger partial charge in [0.1, 0.15) is 11.6 Å². The number of aromatic nitrogens is 6. The van der Waals surface area contributed by atoms with Gasteiger partial charge in [-0.3, -0.25) is 9.89 Å². The Labute approximate surface area is 187 Å². The Morgan fingerprint density at radius 2 is 1.94 bits per heavy atom. The van der Waals surface area contributed by atoms with E-state index in [-0.39, 0.29) is 11.5 Å². The van der Waals surface area contributed by atoms with Gasteiger partial charge in [-0.05, 0) is 48.6 Å². The maximum atomic E-state index is 14.3. The summed E-state index contributed by atoms with van der Waals surface area (Å²) in [6.07, 6.45) is 10.3. The molecule has 0 atom stereocenters. The van der Waals surface area contributed by atoms with Crippen molar-refractivity contribution in [2.75, 3.05) is 10.6 Å². The first-order chi connectivity index (χ1) is 16.1. The lowest BCUT2D eigenvalue weighted by Crippen LogP contribution is -2.17. The fourth-order valence-corrected chi connectivity index (χ4v) is 3.40. The van der Waals surface area contributed by atoms with E-state index in [1.807, 2.05) is 30.4 Å². The van der Waals surface area contributed by atoms with Gasteiger partial charge in [0.15, 0.2) is 5.82 Å². The number of aromatic amines is 2. The molecule has 0 saturated heterocycles. The maximum Gasteiger partial charge on any atom is 0.291 e. The number of fused-ring (bicyclic) bond motifs is 1. The zero-order chi connectivity index (χ0) is 22.8. The van der Waals surface area contributed by atoms with Crippen molar-refractivity contribution in [1.29, 1.82) is 0 Å². The number of rotatable bonds is 6. The lowest BCUT2D eigenvalue weighted by Gasteiger charge is -2.11. The largest absolute Gasteiger partial charge is 0.355 e. The number of carbonyl (C=O) groups is 1. The molecule has 0 aliphatic heterocycles. The van der Waals surface area contributed by atoms with E-state index in [4.69, 9.17) is 0 Å². The van der Waals surface area contributed by atoms with Gasteiger partial charge in [0.05, 0.1) is 16.9 Å². The first-order valence-corrected chi connectivity index (χ1v) is 10.1. The van der Waals surface area contributed by atoms with E-state index in [1.165, 1.54) is 18.3 Å². The van der Waals surface area contributed by atoms with Crippen LogP contribution in [-0.4, -0.2) is 35.6 Å². The lowest BCUT2D eigenvalue weighted by molar-refractivity contribution is 0.101. The molecule has 0 aliphatic carbocycles. The number of hydrogen-bond acceptors (Lipinski definition) is 5. The number of benzene rings is 2. The number of nitrogens with one attached hydrogen (secondary N) is 4. The second-order valence-corrected chi connectivity index (χ2v) is 7.31. The third kappa shape index (κ3) is 4.22. The normalized spacial score (nSPS) is 11.3. The summed E-state index contributed by atoms with van der Waals surface area (Å²) in [4.78, 5) is 23.5. The van der Waals surface area contributed by atoms with Crippen LogP contribution in [-0.2, 0) is 7.05 Å². The summed E-state index contributed by atoms with van der Waals surface area (Å²) in [5.74, 6) is -0.103. The van der Waals surface area contributed by atoms with Crippen LogP contribution >= 0.6 is 0 Å². The molecule has 3 heterocycles. The second kappa shape index (κ2) is 8.42. The Hall–Kier alpha value is -4.73. The summed E-state index contributed by atoms with van der Waals surface area (Å²) in [5, 5.41) is 14.1. The summed E-state index contributed by atoms with van der Waals surface area (Å²) < 4.78 is 15.9.